The van der Waals surface area contributed by atoms with Gasteiger partial charge in [0.2, 0.25) is 0 Å². The lowest BCUT2D eigenvalue weighted by Crippen LogP contribution is -2.61. The van der Waals surface area contributed by atoms with Gasteiger partial charge in [0.25, 0.3) is 5.69 Å². The molecule has 1 fully saturated rings. The molecular formula is C12H14N4O7S. The highest BCUT2D eigenvalue weighted by atomic mass is 32.1. The molecule has 3 rings (SSSR count). The molecule has 12 heteroatoms. The summed E-state index contributed by atoms with van der Waals surface area (Å²) in [6, 6.07) is 1.46. The van der Waals surface area contributed by atoms with Crippen LogP contribution in [0.5, 0.6) is 0 Å². The molecule has 5 atom stereocenters. The first kappa shape index (κ1) is 16.9. The number of hydrogen-bond acceptors (Lipinski definition) is 11. The van der Waals surface area contributed by atoms with Crippen LogP contribution < -0.4 is 5.32 Å². The minimum atomic E-state index is -1.52. The van der Waals surface area contributed by atoms with E-state index in [9.17, 15) is 25.4 Å². The number of fused-ring (bicyclic) bond motifs is 1. The molecule has 5 unspecified atom stereocenters. The number of hydrogen-bond donors (Lipinski definition) is 5. The van der Waals surface area contributed by atoms with Crippen LogP contribution in [-0.2, 0) is 4.74 Å². The Morgan fingerprint density at radius 1 is 1.25 bits per heavy atom. The molecule has 130 valence electrons. The van der Waals surface area contributed by atoms with E-state index in [1.165, 1.54) is 12.1 Å². The predicted octanol–water partition coefficient (Wildman–Crippen LogP) is -1.19. The Labute approximate surface area is 138 Å². The quantitative estimate of drug-likeness (QED) is 0.330. The van der Waals surface area contributed by atoms with E-state index in [0.717, 1.165) is 11.7 Å². The molecule has 2 heterocycles. The van der Waals surface area contributed by atoms with Crippen molar-refractivity contribution in [1.29, 1.82) is 0 Å². The number of nitro groups is 1. The SMILES string of the molecule is O=[N+]([O-])c1ccc(NC2C(O)OC(CO)C(O)C2O)c2nsnc12. The van der Waals surface area contributed by atoms with Crippen molar-refractivity contribution in [3.8, 4) is 0 Å². The van der Waals surface area contributed by atoms with Gasteiger partial charge in [0, 0.05) is 6.07 Å². The van der Waals surface area contributed by atoms with Crippen molar-refractivity contribution in [2.45, 2.75) is 30.6 Å². The van der Waals surface area contributed by atoms with Crippen molar-refractivity contribution in [2.75, 3.05) is 11.9 Å². The molecule has 0 radical (unpaired) electrons. The second-order valence-corrected chi connectivity index (χ2v) is 5.78. The number of nitrogens with one attached hydrogen (secondary N) is 1. The van der Waals surface area contributed by atoms with Crippen molar-refractivity contribution >= 4 is 34.1 Å². The summed E-state index contributed by atoms with van der Waals surface area (Å²) in [6.45, 7) is -0.570. The van der Waals surface area contributed by atoms with E-state index in [2.05, 4.69) is 14.1 Å². The van der Waals surface area contributed by atoms with Gasteiger partial charge in [0.1, 0.15) is 29.9 Å². The molecule has 1 aliphatic heterocycles. The number of ether oxygens (including phenoxy) is 1. The molecule has 2 aromatic rings. The second-order valence-electron chi connectivity index (χ2n) is 5.25. The van der Waals surface area contributed by atoms with E-state index in [-0.39, 0.29) is 22.4 Å². The molecule has 1 aliphatic rings. The van der Waals surface area contributed by atoms with Crippen LogP contribution in [0.2, 0.25) is 0 Å². The molecule has 0 saturated carbocycles. The molecule has 24 heavy (non-hydrogen) atoms. The predicted molar refractivity (Wildman–Crippen MR) is 81.5 cm³/mol. The van der Waals surface area contributed by atoms with E-state index in [4.69, 9.17) is 9.84 Å². The van der Waals surface area contributed by atoms with Crippen LogP contribution in [0, 0.1) is 10.1 Å². The van der Waals surface area contributed by atoms with Gasteiger partial charge in [-0.2, -0.15) is 8.75 Å². The summed E-state index contributed by atoms with van der Waals surface area (Å²) in [7, 11) is 0. The highest BCUT2D eigenvalue weighted by Crippen LogP contribution is 2.32. The summed E-state index contributed by atoms with van der Waals surface area (Å²) < 4.78 is 12.9. The highest BCUT2D eigenvalue weighted by Gasteiger charge is 2.43. The molecule has 0 spiro atoms. The van der Waals surface area contributed by atoms with Gasteiger partial charge >= 0.3 is 0 Å². The van der Waals surface area contributed by atoms with Crippen molar-refractivity contribution in [2.24, 2.45) is 0 Å². The lowest BCUT2D eigenvalue weighted by molar-refractivity contribution is -0.383. The summed E-state index contributed by atoms with van der Waals surface area (Å²) in [4.78, 5) is 10.4. The Bertz CT molecular complexity index is 756. The number of aliphatic hydroxyl groups is 4. The maximum absolute atomic E-state index is 11.0. The smallest absolute Gasteiger partial charge is 0.298 e. The van der Waals surface area contributed by atoms with Gasteiger partial charge in [-0.1, -0.05) is 0 Å². The third-order valence-corrected chi connectivity index (χ3v) is 4.34. The van der Waals surface area contributed by atoms with Crippen LogP contribution >= 0.6 is 11.7 Å². The molecule has 0 aliphatic carbocycles. The number of rotatable bonds is 4. The average Bonchev–Trinajstić information content (AvgIpc) is 3.04. The van der Waals surface area contributed by atoms with Gasteiger partial charge in [0.05, 0.1) is 28.9 Å². The Morgan fingerprint density at radius 2 is 1.96 bits per heavy atom. The molecule has 0 amide bonds. The number of nitro benzene ring substituents is 1. The summed E-state index contributed by atoms with van der Waals surface area (Å²) in [6.07, 6.45) is -5.50. The zero-order valence-corrected chi connectivity index (χ0v) is 12.8. The van der Waals surface area contributed by atoms with Crippen molar-refractivity contribution < 1.29 is 30.1 Å². The summed E-state index contributed by atoms with van der Waals surface area (Å²) in [5.41, 5.74) is 0.341. The maximum atomic E-state index is 11.0. The minimum Gasteiger partial charge on any atom is -0.394 e. The van der Waals surface area contributed by atoms with Crippen LogP contribution in [0.15, 0.2) is 12.1 Å². The van der Waals surface area contributed by atoms with Gasteiger partial charge in [-0.05, 0) is 6.07 Å². The third kappa shape index (κ3) is 2.79. The van der Waals surface area contributed by atoms with E-state index < -0.39 is 42.2 Å². The zero-order chi connectivity index (χ0) is 17.4. The molecular weight excluding hydrogens is 344 g/mol. The van der Waals surface area contributed by atoms with Crippen molar-refractivity contribution in [1.82, 2.24) is 8.75 Å². The Balaban J connectivity index is 1.91. The van der Waals surface area contributed by atoms with Crippen molar-refractivity contribution in [3.05, 3.63) is 22.2 Å². The van der Waals surface area contributed by atoms with E-state index in [1.807, 2.05) is 0 Å². The number of non-ortho nitro benzene ring substituents is 1. The highest BCUT2D eigenvalue weighted by molar-refractivity contribution is 7.00. The van der Waals surface area contributed by atoms with E-state index in [0.29, 0.717) is 0 Å². The Kier molecular flexibility index (Phi) is 4.58. The van der Waals surface area contributed by atoms with Crippen LogP contribution in [0.1, 0.15) is 0 Å². The maximum Gasteiger partial charge on any atom is 0.298 e. The number of aromatic nitrogens is 2. The Morgan fingerprint density at radius 3 is 2.62 bits per heavy atom. The van der Waals surface area contributed by atoms with Crippen LogP contribution in [0.25, 0.3) is 11.0 Å². The molecule has 5 N–H and O–H groups in total. The fraction of sp³-hybridized carbons (Fsp3) is 0.500. The van der Waals surface area contributed by atoms with Gasteiger partial charge in [-0.3, -0.25) is 10.1 Å². The Hall–Kier alpha value is -1.96. The lowest BCUT2D eigenvalue weighted by atomic mass is 9.96. The van der Waals surface area contributed by atoms with Crippen LogP contribution in [0.4, 0.5) is 11.4 Å². The van der Waals surface area contributed by atoms with Gasteiger partial charge in [-0.25, -0.2) is 0 Å². The third-order valence-electron chi connectivity index (χ3n) is 3.81. The normalized spacial score (nSPS) is 30.4. The van der Waals surface area contributed by atoms with Gasteiger partial charge in [0.15, 0.2) is 11.8 Å². The zero-order valence-electron chi connectivity index (χ0n) is 12.0. The number of anilines is 1. The fourth-order valence-electron chi connectivity index (χ4n) is 2.55. The molecule has 1 aromatic heterocycles. The largest absolute Gasteiger partial charge is 0.394 e. The summed E-state index contributed by atoms with van der Waals surface area (Å²) in [5, 5.41) is 52.8. The van der Waals surface area contributed by atoms with E-state index in [1.54, 1.807) is 0 Å². The van der Waals surface area contributed by atoms with Gasteiger partial charge < -0.3 is 30.5 Å². The molecule has 1 saturated heterocycles. The molecule has 1 aromatic carbocycles. The monoisotopic (exact) mass is 358 g/mol. The first-order valence-corrected chi connectivity index (χ1v) is 7.63. The standard InChI is InChI=1S/C12H14N4O7S/c17-3-6-10(18)11(19)9(12(20)23-6)13-4-1-2-5(16(21)22)8-7(4)14-24-15-8/h1-2,6,9-13,17-20H,3H2. The van der Waals surface area contributed by atoms with E-state index >= 15 is 0 Å². The topological polar surface area (TPSA) is 171 Å². The number of nitrogens with zero attached hydrogens (tertiary/aromatic N) is 3. The average molecular weight is 358 g/mol. The number of benzene rings is 1. The fourth-order valence-corrected chi connectivity index (χ4v) is 3.12. The van der Waals surface area contributed by atoms with Crippen LogP contribution in [0.3, 0.4) is 0 Å². The summed E-state index contributed by atoms with van der Waals surface area (Å²) in [5.74, 6) is 0. The number of aliphatic hydroxyl groups excluding tert-OH is 4. The second kappa shape index (κ2) is 6.51. The van der Waals surface area contributed by atoms with Crippen molar-refractivity contribution in [3.63, 3.8) is 0 Å². The van der Waals surface area contributed by atoms with Crippen LogP contribution in [-0.4, -0.2) is 71.3 Å². The molecule has 0 bridgehead atoms. The minimum absolute atomic E-state index is 0.0736. The first-order valence-electron chi connectivity index (χ1n) is 6.90. The van der Waals surface area contributed by atoms with Gasteiger partial charge in [-0.15, -0.1) is 0 Å². The molecule has 11 nitrogen and oxygen atoms in total. The lowest BCUT2D eigenvalue weighted by Gasteiger charge is -2.40. The first-order chi connectivity index (χ1) is 11.4. The summed E-state index contributed by atoms with van der Waals surface area (Å²) >= 11 is 0.784.